The van der Waals surface area contributed by atoms with Gasteiger partial charge in [0.1, 0.15) is 0 Å². The van der Waals surface area contributed by atoms with Crippen LogP contribution in [0, 0.1) is 5.92 Å². The third kappa shape index (κ3) is 4.43. The molecule has 1 N–H and O–H groups in total. The van der Waals surface area contributed by atoms with Crippen LogP contribution >= 0.6 is 11.3 Å². The van der Waals surface area contributed by atoms with Crippen molar-refractivity contribution in [1.82, 2.24) is 10.3 Å². The van der Waals surface area contributed by atoms with Gasteiger partial charge < -0.3 is 10.2 Å². The number of hydrogen-bond donors (Lipinski definition) is 1. The van der Waals surface area contributed by atoms with Gasteiger partial charge >= 0.3 is 0 Å². The van der Waals surface area contributed by atoms with Crippen LogP contribution in [0.15, 0.2) is 6.20 Å². The maximum absolute atomic E-state index is 4.74. The van der Waals surface area contributed by atoms with E-state index in [0.29, 0.717) is 0 Å². The number of hydrogen-bond acceptors (Lipinski definition) is 4. The first-order chi connectivity index (χ1) is 10.2. The average Bonchev–Trinajstić information content (AvgIpc) is 2.95. The van der Waals surface area contributed by atoms with E-state index in [4.69, 9.17) is 4.98 Å². The fraction of sp³-hybridized carbons (Fsp3) is 0.824. The maximum atomic E-state index is 4.74. The molecule has 2 fully saturated rings. The van der Waals surface area contributed by atoms with E-state index in [9.17, 15) is 0 Å². The lowest BCUT2D eigenvalue weighted by molar-refractivity contribution is 0.528. The van der Waals surface area contributed by atoms with E-state index >= 15 is 0 Å². The summed E-state index contributed by atoms with van der Waals surface area (Å²) in [5, 5.41) is 4.86. The number of nitrogens with one attached hydrogen (secondary N) is 1. The largest absolute Gasteiger partial charge is 0.345 e. The van der Waals surface area contributed by atoms with Crippen molar-refractivity contribution < 1.29 is 0 Å². The zero-order valence-corrected chi connectivity index (χ0v) is 14.3. The molecular formula is C17H29N3S. The second-order valence-corrected chi connectivity index (χ2v) is 8.17. The highest BCUT2D eigenvalue weighted by molar-refractivity contribution is 7.15. The minimum atomic E-state index is 0.735. The van der Waals surface area contributed by atoms with Crippen molar-refractivity contribution in [2.75, 3.05) is 11.4 Å². The van der Waals surface area contributed by atoms with Gasteiger partial charge in [0, 0.05) is 36.2 Å². The van der Waals surface area contributed by atoms with Crippen molar-refractivity contribution in [3.63, 3.8) is 0 Å². The minimum absolute atomic E-state index is 0.735. The molecule has 21 heavy (non-hydrogen) atoms. The zero-order valence-electron chi connectivity index (χ0n) is 13.5. The Bertz CT molecular complexity index is 433. The molecule has 0 atom stereocenters. The van der Waals surface area contributed by atoms with Gasteiger partial charge in [-0.05, 0) is 38.0 Å². The third-order valence-electron chi connectivity index (χ3n) is 4.64. The Balaban J connectivity index is 1.62. The summed E-state index contributed by atoms with van der Waals surface area (Å²) in [6.45, 7) is 6.82. The van der Waals surface area contributed by atoms with Crippen molar-refractivity contribution in [3.05, 3.63) is 11.1 Å². The van der Waals surface area contributed by atoms with Gasteiger partial charge in [-0.2, -0.15) is 0 Å². The lowest BCUT2D eigenvalue weighted by Gasteiger charge is -2.29. The molecule has 0 unspecified atom stereocenters. The summed E-state index contributed by atoms with van der Waals surface area (Å²) in [6.07, 6.45) is 11.6. The molecule has 0 bridgehead atoms. The Morgan fingerprint density at radius 2 is 2.05 bits per heavy atom. The van der Waals surface area contributed by atoms with E-state index in [0.717, 1.165) is 24.5 Å². The second kappa shape index (κ2) is 7.10. The van der Waals surface area contributed by atoms with Crippen LogP contribution in [-0.2, 0) is 6.54 Å². The Kier molecular flexibility index (Phi) is 5.17. The molecule has 1 aromatic rings. The van der Waals surface area contributed by atoms with Gasteiger partial charge in [-0.1, -0.05) is 26.7 Å². The SMILES string of the molecule is CC(C)CCN(c1ncc(CNC2CC2)s1)C1CCCC1. The first-order valence-electron chi connectivity index (χ1n) is 8.67. The molecular weight excluding hydrogens is 278 g/mol. The molecule has 4 heteroatoms. The minimum Gasteiger partial charge on any atom is -0.345 e. The van der Waals surface area contributed by atoms with Crippen LogP contribution in [0.25, 0.3) is 0 Å². The van der Waals surface area contributed by atoms with Gasteiger partial charge in [-0.25, -0.2) is 4.98 Å². The highest BCUT2D eigenvalue weighted by Crippen LogP contribution is 2.32. The molecule has 0 saturated heterocycles. The molecule has 1 heterocycles. The Morgan fingerprint density at radius 3 is 2.71 bits per heavy atom. The Morgan fingerprint density at radius 1 is 1.29 bits per heavy atom. The van der Waals surface area contributed by atoms with E-state index < -0.39 is 0 Å². The van der Waals surface area contributed by atoms with Crippen LogP contribution in [0.5, 0.6) is 0 Å². The summed E-state index contributed by atoms with van der Waals surface area (Å²) in [4.78, 5) is 8.74. The predicted octanol–water partition coefficient (Wildman–Crippen LogP) is 4.19. The van der Waals surface area contributed by atoms with Gasteiger partial charge in [0.15, 0.2) is 5.13 Å². The normalized spacial score (nSPS) is 19.6. The molecule has 2 saturated carbocycles. The number of thiazole rings is 1. The number of rotatable bonds is 8. The maximum Gasteiger partial charge on any atom is 0.185 e. The quantitative estimate of drug-likeness (QED) is 0.780. The summed E-state index contributed by atoms with van der Waals surface area (Å²) in [7, 11) is 0. The second-order valence-electron chi connectivity index (χ2n) is 7.08. The number of nitrogens with zero attached hydrogens (tertiary/aromatic N) is 2. The van der Waals surface area contributed by atoms with E-state index in [2.05, 4.69) is 30.3 Å². The van der Waals surface area contributed by atoms with Crippen LogP contribution in [0.2, 0.25) is 0 Å². The monoisotopic (exact) mass is 307 g/mol. The third-order valence-corrected chi connectivity index (χ3v) is 5.68. The van der Waals surface area contributed by atoms with Crippen molar-refractivity contribution in [2.45, 2.75) is 77.4 Å². The zero-order chi connectivity index (χ0) is 14.7. The average molecular weight is 308 g/mol. The van der Waals surface area contributed by atoms with Gasteiger partial charge in [0.25, 0.3) is 0 Å². The first kappa shape index (κ1) is 15.3. The Labute approximate surface area is 133 Å². The van der Waals surface area contributed by atoms with Gasteiger partial charge in [0.2, 0.25) is 0 Å². The molecule has 2 aliphatic rings. The van der Waals surface area contributed by atoms with E-state index in [1.54, 1.807) is 0 Å². The topological polar surface area (TPSA) is 28.2 Å². The summed E-state index contributed by atoms with van der Waals surface area (Å²) in [5.74, 6) is 0.768. The summed E-state index contributed by atoms with van der Waals surface area (Å²) in [6, 6.07) is 1.52. The lowest BCUT2D eigenvalue weighted by atomic mass is 10.1. The smallest absolute Gasteiger partial charge is 0.185 e. The highest BCUT2D eigenvalue weighted by atomic mass is 32.1. The molecule has 0 aliphatic heterocycles. The van der Waals surface area contributed by atoms with Gasteiger partial charge in [0.05, 0.1) is 0 Å². The fourth-order valence-corrected chi connectivity index (χ4v) is 4.05. The standard InChI is InChI=1S/C17H29N3S/c1-13(2)9-10-20(15-5-3-4-6-15)17-19-12-16(21-17)11-18-14-7-8-14/h12-15,18H,3-11H2,1-2H3. The summed E-state index contributed by atoms with van der Waals surface area (Å²) < 4.78 is 0. The summed E-state index contributed by atoms with van der Waals surface area (Å²) >= 11 is 1.90. The van der Waals surface area contributed by atoms with Gasteiger partial charge in [-0.15, -0.1) is 11.3 Å². The molecule has 1 aromatic heterocycles. The molecule has 3 nitrogen and oxygen atoms in total. The van der Waals surface area contributed by atoms with Crippen molar-refractivity contribution in [3.8, 4) is 0 Å². The molecule has 0 spiro atoms. The fourth-order valence-electron chi connectivity index (χ4n) is 3.09. The van der Waals surface area contributed by atoms with Crippen LogP contribution in [0.4, 0.5) is 5.13 Å². The molecule has 0 aromatic carbocycles. The highest BCUT2D eigenvalue weighted by Gasteiger charge is 2.25. The Hall–Kier alpha value is -0.610. The van der Waals surface area contributed by atoms with Gasteiger partial charge in [-0.3, -0.25) is 0 Å². The molecule has 0 amide bonds. The van der Waals surface area contributed by atoms with Crippen LogP contribution in [-0.4, -0.2) is 23.6 Å². The van der Waals surface area contributed by atoms with E-state index in [1.807, 2.05) is 11.3 Å². The van der Waals surface area contributed by atoms with Crippen LogP contribution < -0.4 is 10.2 Å². The van der Waals surface area contributed by atoms with Crippen LogP contribution in [0.1, 0.15) is 63.7 Å². The van der Waals surface area contributed by atoms with Crippen molar-refractivity contribution in [2.24, 2.45) is 5.92 Å². The van der Waals surface area contributed by atoms with Crippen LogP contribution in [0.3, 0.4) is 0 Å². The molecule has 118 valence electrons. The number of anilines is 1. The molecule has 0 radical (unpaired) electrons. The number of aromatic nitrogens is 1. The first-order valence-corrected chi connectivity index (χ1v) is 9.48. The molecule has 2 aliphatic carbocycles. The summed E-state index contributed by atoms with van der Waals surface area (Å²) in [5.41, 5.74) is 0. The van der Waals surface area contributed by atoms with Crippen molar-refractivity contribution in [1.29, 1.82) is 0 Å². The predicted molar refractivity (Wildman–Crippen MR) is 91.0 cm³/mol. The van der Waals surface area contributed by atoms with E-state index in [-0.39, 0.29) is 0 Å². The van der Waals surface area contributed by atoms with Crippen molar-refractivity contribution >= 4 is 16.5 Å². The molecule has 3 rings (SSSR count). The van der Waals surface area contributed by atoms with E-state index in [1.165, 1.54) is 61.5 Å². The lowest BCUT2D eigenvalue weighted by Crippen LogP contribution is -2.34.